The minimum Gasteiger partial charge on any atom is -0.359 e. The van der Waals surface area contributed by atoms with Gasteiger partial charge in [0.2, 0.25) is 11.8 Å². The minimum atomic E-state index is -0.980. The molecule has 3 aromatic carbocycles. The summed E-state index contributed by atoms with van der Waals surface area (Å²) in [6, 6.07) is 19.0. The first-order chi connectivity index (χ1) is 20.2. The Labute approximate surface area is 239 Å². The van der Waals surface area contributed by atoms with Crippen LogP contribution in [0, 0.1) is 32.1 Å². The highest BCUT2D eigenvalue weighted by molar-refractivity contribution is 6.12. The second kappa shape index (κ2) is 10.5. The number of nitro benzene ring substituents is 2. The van der Waals surface area contributed by atoms with Gasteiger partial charge in [0.15, 0.2) is 5.78 Å². The lowest BCUT2D eigenvalue weighted by Crippen LogP contribution is -2.45. The second-order valence-corrected chi connectivity index (χ2v) is 10.5. The number of Topliss-reactive ketones (excluding diaryl/α,β-unsaturated/α-hetero) is 1. The van der Waals surface area contributed by atoms with Gasteiger partial charge in [0, 0.05) is 36.0 Å². The third-order valence-electron chi connectivity index (χ3n) is 8.08. The van der Waals surface area contributed by atoms with Crippen molar-refractivity contribution in [2.24, 2.45) is 11.8 Å². The van der Waals surface area contributed by atoms with Crippen LogP contribution in [0.5, 0.6) is 0 Å². The number of non-ortho nitro benzene ring substituents is 2. The molecule has 0 bridgehead atoms. The third-order valence-corrected chi connectivity index (χ3v) is 8.08. The van der Waals surface area contributed by atoms with E-state index in [-0.39, 0.29) is 29.4 Å². The average molecular weight is 565 g/mol. The fourth-order valence-electron chi connectivity index (χ4n) is 6.09. The fourth-order valence-corrected chi connectivity index (χ4v) is 6.09. The van der Waals surface area contributed by atoms with Gasteiger partial charge < -0.3 is 4.90 Å². The van der Waals surface area contributed by atoms with Crippen molar-refractivity contribution in [3.8, 4) is 0 Å². The molecular formula is C31H24N4O7. The molecule has 2 fully saturated rings. The maximum absolute atomic E-state index is 13.9. The van der Waals surface area contributed by atoms with E-state index in [4.69, 9.17) is 0 Å². The van der Waals surface area contributed by atoms with Gasteiger partial charge in [-0.2, -0.15) is 0 Å². The van der Waals surface area contributed by atoms with Gasteiger partial charge in [-0.15, -0.1) is 0 Å². The standard InChI is InChI=1S/C31H24N4O7/c36-29(22-8-12-24(13-9-22)35(41)42)28-27-26(30(37)33(31(27)38)18-20-4-2-1-3-5-20)25-17-21(14-15-32(25)28)16-19-6-10-23(11-7-19)34(39)40/h1-15,17,25-28H,16,18H2/t25-,26-,27-,28-/m0/s1. The molecule has 0 aliphatic carbocycles. The van der Waals surface area contributed by atoms with Crippen LogP contribution in [0.25, 0.3) is 0 Å². The van der Waals surface area contributed by atoms with Crippen molar-refractivity contribution in [1.29, 1.82) is 0 Å². The predicted octanol–water partition coefficient (Wildman–Crippen LogP) is 4.24. The molecule has 6 rings (SSSR count). The molecule has 11 nitrogen and oxygen atoms in total. The highest BCUT2D eigenvalue weighted by Gasteiger charge is 2.63. The molecule has 0 N–H and O–H groups in total. The van der Waals surface area contributed by atoms with E-state index < -0.39 is 45.5 Å². The first-order valence-electron chi connectivity index (χ1n) is 13.3. The number of imide groups is 1. The summed E-state index contributed by atoms with van der Waals surface area (Å²) in [5.74, 6) is -2.92. The third kappa shape index (κ3) is 4.64. The van der Waals surface area contributed by atoms with Gasteiger partial charge in [0.25, 0.3) is 11.4 Å². The monoisotopic (exact) mass is 564 g/mol. The molecular weight excluding hydrogens is 540 g/mol. The van der Waals surface area contributed by atoms with Crippen LogP contribution in [-0.2, 0) is 22.6 Å². The number of ketones is 1. The molecule has 0 radical (unpaired) electrons. The summed E-state index contributed by atoms with van der Waals surface area (Å²) in [7, 11) is 0. The summed E-state index contributed by atoms with van der Waals surface area (Å²) in [5, 5.41) is 22.2. The predicted molar refractivity (Wildman–Crippen MR) is 150 cm³/mol. The Morgan fingerprint density at radius 1 is 0.762 bits per heavy atom. The van der Waals surface area contributed by atoms with E-state index in [1.54, 1.807) is 23.2 Å². The molecule has 4 atom stereocenters. The highest BCUT2D eigenvalue weighted by atomic mass is 16.6. The number of carbonyl (C=O) groups is 3. The number of likely N-dealkylation sites (tertiary alicyclic amines) is 1. The Morgan fingerprint density at radius 2 is 1.36 bits per heavy atom. The summed E-state index contributed by atoms with van der Waals surface area (Å²) in [5.41, 5.74) is 2.49. The van der Waals surface area contributed by atoms with Gasteiger partial charge in [-0.1, -0.05) is 48.5 Å². The van der Waals surface area contributed by atoms with Crippen molar-refractivity contribution in [3.05, 3.63) is 140 Å². The number of nitro groups is 2. The number of amides is 2. The van der Waals surface area contributed by atoms with Crippen molar-refractivity contribution in [1.82, 2.24) is 9.80 Å². The number of benzene rings is 3. The number of nitrogens with zero attached hydrogens (tertiary/aromatic N) is 4. The van der Waals surface area contributed by atoms with Gasteiger partial charge in [-0.3, -0.25) is 39.5 Å². The van der Waals surface area contributed by atoms with Gasteiger partial charge >= 0.3 is 0 Å². The van der Waals surface area contributed by atoms with Crippen LogP contribution < -0.4 is 0 Å². The normalized spacial score (nSPS) is 22.5. The van der Waals surface area contributed by atoms with Crippen molar-refractivity contribution in [2.45, 2.75) is 25.0 Å². The van der Waals surface area contributed by atoms with E-state index >= 15 is 0 Å². The lowest BCUT2D eigenvalue weighted by molar-refractivity contribution is -0.385. The molecule has 3 aromatic rings. The van der Waals surface area contributed by atoms with Crippen LogP contribution in [0.4, 0.5) is 11.4 Å². The van der Waals surface area contributed by atoms with Gasteiger partial charge in [-0.25, -0.2) is 0 Å². The van der Waals surface area contributed by atoms with Crippen LogP contribution in [0.15, 0.2) is 103 Å². The van der Waals surface area contributed by atoms with Crippen LogP contribution in [0.1, 0.15) is 21.5 Å². The van der Waals surface area contributed by atoms with Gasteiger partial charge in [0.1, 0.15) is 6.04 Å². The van der Waals surface area contributed by atoms with Crippen LogP contribution in [0.2, 0.25) is 0 Å². The van der Waals surface area contributed by atoms with Gasteiger partial charge in [-0.05, 0) is 41.3 Å². The maximum atomic E-state index is 13.9. The van der Waals surface area contributed by atoms with Crippen LogP contribution in [0.3, 0.4) is 0 Å². The van der Waals surface area contributed by atoms with Crippen LogP contribution >= 0.6 is 0 Å². The number of hydrogen-bond acceptors (Lipinski definition) is 8. The Bertz CT molecular complexity index is 1670. The molecule has 0 spiro atoms. The molecule has 2 saturated heterocycles. The summed E-state index contributed by atoms with van der Waals surface area (Å²) >= 11 is 0. The number of fused-ring (bicyclic) bond motifs is 3. The van der Waals surface area contributed by atoms with E-state index in [1.165, 1.54) is 41.3 Å². The molecule has 210 valence electrons. The summed E-state index contributed by atoms with van der Waals surface area (Å²) in [6.07, 6.45) is 5.86. The summed E-state index contributed by atoms with van der Waals surface area (Å²) in [4.78, 5) is 65.7. The number of carbonyl (C=O) groups excluding carboxylic acids is 3. The van der Waals surface area contributed by atoms with Crippen molar-refractivity contribution >= 4 is 29.0 Å². The van der Waals surface area contributed by atoms with Crippen molar-refractivity contribution < 1.29 is 24.2 Å². The first-order valence-corrected chi connectivity index (χ1v) is 13.3. The van der Waals surface area contributed by atoms with E-state index in [1.807, 2.05) is 42.5 Å². The molecule has 0 unspecified atom stereocenters. The Hall–Kier alpha value is -5.45. The lowest BCUT2D eigenvalue weighted by Gasteiger charge is -2.33. The molecule has 0 saturated carbocycles. The first kappa shape index (κ1) is 26.8. The molecule has 11 heteroatoms. The second-order valence-electron chi connectivity index (χ2n) is 10.5. The number of allylic oxidation sites excluding steroid dienone is 2. The minimum absolute atomic E-state index is 0.0158. The molecule has 3 aliphatic rings. The molecule has 2 amide bonds. The van der Waals surface area contributed by atoms with E-state index in [2.05, 4.69) is 0 Å². The number of hydrogen-bond donors (Lipinski definition) is 0. The van der Waals surface area contributed by atoms with Crippen molar-refractivity contribution in [3.63, 3.8) is 0 Å². The Balaban J connectivity index is 1.34. The van der Waals surface area contributed by atoms with E-state index in [0.717, 1.165) is 16.7 Å². The molecule has 42 heavy (non-hydrogen) atoms. The Morgan fingerprint density at radius 3 is 1.98 bits per heavy atom. The lowest BCUT2D eigenvalue weighted by atomic mass is 9.85. The topological polar surface area (TPSA) is 144 Å². The SMILES string of the molecule is O=C(c1ccc([N+](=O)[O-])cc1)[C@@H]1[C@H]2C(=O)N(Cc3ccccc3)C(=O)[C@H]2[C@@H]2C=C(Cc3ccc([N+](=O)[O-])cc3)C=CN12. The molecule has 3 aliphatic heterocycles. The fraction of sp³-hybridized carbons (Fsp3) is 0.194. The quantitative estimate of drug-likeness (QED) is 0.171. The zero-order valence-electron chi connectivity index (χ0n) is 22.1. The van der Waals surface area contributed by atoms with E-state index in [0.29, 0.717) is 6.42 Å². The highest BCUT2D eigenvalue weighted by Crippen LogP contribution is 2.46. The average Bonchev–Trinajstić information content (AvgIpc) is 3.45. The van der Waals surface area contributed by atoms with E-state index in [9.17, 15) is 34.6 Å². The summed E-state index contributed by atoms with van der Waals surface area (Å²) in [6.45, 7) is 0.0892. The Kier molecular flexibility index (Phi) is 6.69. The summed E-state index contributed by atoms with van der Waals surface area (Å²) < 4.78 is 0. The number of rotatable bonds is 8. The van der Waals surface area contributed by atoms with Crippen molar-refractivity contribution in [2.75, 3.05) is 0 Å². The largest absolute Gasteiger partial charge is 0.359 e. The maximum Gasteiger partial charge on any atom is 0.269 e. The smallest absolute Gasteiger partial charge is 0.269 e. The van der Waals surface area contributed by atoms with Crippen LogP contribution in [-0.4, -0.2) is 49.3 Å². The molecule has 0 aromatic heterocycles. The zero-order chi connectivity index (χ0) is 29.5. The molecule has 3 heterocycles. The van der Waals surface area contributed by atoms with Gasteiger partial charge in [0.05, 0.1) is 34.3 Å². The zero-order valence-corrected chi connectivity index (χ0v) is 22.1.